The lowest BCUT2D eigenvalue weighted by Crippen LogP contribution is -2.32. The lowest BCUT2D eigenvalue weighted by molar-refractivity contribution is -0.116. The number of carbonyl (C=O) groups excluding carboxylic acids is 1. The fourth-order valence-corrected chi connectivity index (χ4v) is 4.30. The van der Waals surface area contributed by atoms with Crippen molar-refractivity contribution in [2.24, 2.45) is 5.92 Å². The van der Waals surface area contributed by atoms with Gasteiger partial charge >= 0.3 is 0 Å². The molecule has 0 aromatic carbocycles. The Morgan fingerprint density at radius 1 is 1.03 bits per heavy atom. The van der Waals surface area contributed by atoms with Crippen molar-refractivity contribution in [3.8, 4) is 0 Å². The van der Waals surface area contributed by atoms with Gasteiger partial charge in [-0.1, -0.05) is 6.42 Å². The lowest BCUT2D eigenvalue weighted by atomic mass is 9.98. The highest BCUT2D eigenvalue weighted by Gasteiger charge is 2.16. The summed E-state index contributed by atoms with van der Waals surface area (Å²) in [4.78, 5) is 27.8. The summed E-state index contributed by atoms with van der Waals surface area (Å²) >= 11 is 0. The number of nitrogens with one attached hydrogen (secondary N) is 4. The summed E-state index contributed by atoms with van der Waals surface area (Å²) in [6, 6.07) is 1.90. The van der Waals surface area contributed by atoms with E-state index in [9.17, 15) is 4.79 Å². The van der Waals surface area contributed by atoms with Crippen LogP contribution in [-0.2, 0) is 4.79 Å². The number of nitrogens with two attached hydrogens (primary N) is 1. The van der Waals surface area contributed by atoms with Crippen molar-refractivity contribution in [2.75, 3.05) is 61.0 Å². The zero-order valence-corrected chi connectivity index (χ0v) is 19.1. The topological polar surface area (TPSA) is 133 Å². The molecule has 0 spiro atoms. The molecule has 6 N–H and O–H groups in total. The molecule has 2 aromatic heterocycles. The standard InChI is InChI=1S/C23H35N9O/c24-20-15-29-22(16-27-20)31-21-12-18(26-13-17-4-7-25-8-5-17)19(14-28-21)30-23(33)6-11-32-9-2-1-3-10-32/h12,14-17,25H,1-11,13H2,(H2,24,27)(H,30,33)(H2,26,28,29,31). The summed E-state index contributed by atoms with van der Waals surface area (Å²) in [6.45, 7) is 5.92. The molecule has 2 aromatic rings. The maximum Gasteiger partial charge on any atom is 0.225 e. The summed E-state index contributed by atoms with van der Waals surface area (Å²) in [6.07, 6.45) is 11.3. The highest BCUT2D eigenvalue weighted by Crippen LogP contribution is 2.26. The largest absolute Gasteiger partial charge is 0.383 e. The third kappa shape index (κ3) is 7.26. The zero-order chi connectivity index (χ0) is 22.9. The molecule has 0 unspecified atom stereocenters. The van der Waals surface area contributed by atoms with E-state index in [0.29, 0.717) is 35.5 Å². The second-order valence-electron chi connectivity index (χ2n) is 8.84. The molecular formula is C23H35N9O. The van der Waals surface area contributed by atoms with E-state index in [4.69, 9.17) is 5.73 Å². The van der Waals surface area contributed by atoms with E-state index >= 15 is 0 Å². The van der Waals surface area contributed by atoms with Crippen LogP contribution < -0.4 is 27.0 Å². The molecule has 0 aliphatic carbocycles. The highest BCUT2D eigenvalue weighted by molar-refractivity contribution is 5.94. The van der Waals surface area contributed by atoms with Crippen molar-refractivity contribution in [3.63, 3.8) is 0 Å². The molecule has 1 amide bonds. The number of hydrogen-bond acceptors (Lipinski definition) is 9. The normalized spacial score (nSPS) is 17.5. The Morgan fingerprint density at radius 2 is 1.82 bits per heavy atom. The average molecular weight is 454 g/mol. The summed E-state index contributed by atoms with van der Waals surface area (Å²) in [5, 5.41) is 13.2. The third-order valence-electron chi connectivity index (χ3n) is 6.25. The van der Waals surface area contributed by atoms with Gasteiger partial charge in [-0.25, -0.2) is 15.0 Å². The van der Waals surface area contributed by atoms with E-state index in [1.165, 1.54) is 25.5 Å². The molecule has 4 heterocycles. The number of rotatable bonds is 9. The van der Waals surface area contributed by atoms with Crippen molar-refractivity contribution >= 4 is 34.7 Å². The molecule has 0 radical (unpaired) electrons. The van der Waals surface area contributed by atoms with Crippen molar-refractivity contribution < 1.29 is 4.79 Å². The van der Waals surface area contributed by atoms with Crippen LogP contribution in [0, 0.1) is 5.92 Å². The van der Waals surface area contributed by atoms with Gasteiger partial charge in [-0.3, -0.25) is 4.79 Å². The number of piperidine rings is 2. The van der Waals surface area contributed by atoms with Crippen molar-refractivity contribution in [2.45, 2.75) is 38.5 Å². The number of nitrogen functional groups attached to an aromatic ring is 1. The Morgan fingerprint density at radius 3 is 2.58 bits per heavy atom. The first-order valence-corrected chi connectivity index (χ1v) is 12.0. The number of pyridine rings is 1. The van der Waals surface area contributed by atoms with Crippen molar-refractivity contribution in [1.82, 2.24) is 25.2 Å². The molecule has 0 bridgehead atoms. The summed E-state index contributed by atoms with van der Waals surface area (Å²) in [5.74, 6) is 2.15. The molecule has 178 valence electrons. The van der Waals surface area contributed by atoms with Crippen LogP contribution in [-0.4, -0.2) is 65.0 Å². The van der Waals surface area contributed by atoms with Crippen LogP contribution in [0.5, 0.6) is 0 Å². The van der Waals surface area contributed by atoms with Gasteiger partial charge in [0, 0.05) is 25.6 Å². The number of anilines is 5. The Balaban J connectivity index is 1.41. The SMILES string of the molecule is Nc1cnc(Nc2cc(NCC3CCNCC3)c(NC(=O)CCN3CCCCC3)cn2)cn1. The second-order valence-corrected chi connectivity index (χ2v) is 8.84. The molecule has 0 saturated carbocycles. The number of aromatic nitrogens is 3. The first-order valence-electron chi connectivity index (χ1n) is 12.0. The van der Waals surface area contributed by atoms with E-state index in [0.717, 1.165) is 57.8 Å². The van der Waals surface area contributed by atoms with Gasteiger partial charge in [-0.15, -0.1) is 0 Å². The third-order valence-corrected chi connectivity index (χ3v) is 6.25. The summed E-state index contributed by atoms with van der Waals surface area (Å²) < 4.78 is 0. The Bertz CT molecular complexity index is 893. The number of carbonyl (C=O) groups is 1. The molecule has 10 heteroatoms. The highest BCUT2D eigenvalue weighted by atomic mass is 16.1. The quantitative estimate of drug-likeness (QED) is 0.388. The van der Waals surface area contributed by atoms with Crippen molar-refractivity contribution in [3.05, 3.63) is 24.7 Å². The first kappa shape index (κ1) is 23.2. The summed E-state index contributed by atoms with van der Waals surface area (Å²) in [7, 11) is 0. The van der Waals surface area contributed by atoms with Crippen molar-refractivity contribution in [1.29, 1.82) is 0 Å². The molecule has 10 nitrogen and oxygen atoms in total. The maximum atomic E-state index is 12.7. The van der Waals surface area contributed by atoms with E-state index in [-0.39, 0.29) is 5.91 Å². The molecular weight excluding hydrogens is 418 g/mol. The molecule has 0 atom stereocenters. The number of hydrogen-bond donors (Lipinski definition) is 5. The second kappa shape index (κ2) is 11.8. The monoisotopic (exact) mass is 453 g/mol. The van der Waals surface area contributed by atoms with Crippen LogP contribution in [0.3, 0.4) is 0 Å². The van der Waals surface area contributed by atoms with E-state index in [2.05, 4.69) is 41.1 Å². The first-order chi connectivity index (χ1) is 16.2. The van der Waals surface area contributed by atoms with Crippen LogP contribution in [0.1, 0.15) is 38.5 Å². The minimum absolute atomic E-state index is 0.0115. The van der Waals surface area contributed by atoms with Gasteiger partial charge in [0.1, 0.15) is 17.5 Å². The van der Waals surface area contributed by atoms with Gasteiger partial charge in [0.15, 0.2) is 0 Å². The van der Waals surface area contributed by atoms with Gasteiger partial charge in [-0.05, 0) is 57.8 Å². The minimum atomic E-state index is 0.0115. The zero-order valence-electron chi connectivity index (χ0n) is 19.1. The molecule has 2 saturated heterocycles. The molecule has 2 aliphatic rings. The number of likely N-dealkylation sites (tertiary alicyclic amines) is 1. The predicted octanol–water partition coefficient (Wildman–Crippen LogP) is 2.42. The van der Waals surface area contributed by atoms with E-state index in [1.54, 1.807) is 12.4 Å². The maximum absolute atomic E-state index is 12.7. The average Bonchev–Trinajstić information content (AvgIpc) is 2.85. The van der Waals surface area contributed by atoms with Crippen LogP contribution in [0.2, 0.25) is 0 Å². The van der Waals surface area contributed by atoms with Gasteiger partial charge in [0.25, 0.3) is 0 Å². The Hall–Kier alpha value is -2.98. The van der Waals surface area contributed by atoms with Crippen LogP contribution in [0.4, 0.5) is 28.8 Å². The van der Waals surface area contributed by atoms with Crippen LogP contribution in [0.15, 0.2) is 24.7 Å². The molecule has 4 rings (SSSR count). The van der Waals surface area contributed by atoms with Gasteiger partial charge in [0.2, 0.25) is 5.91 Å². The Labute approximate surface area is 195 Å². The molecule has 33 heavy (non-hydrogen) atoms. The van der Waals surface area contributed by atoms with Gasteiger partial charge in [-0.2, -0.15) is 0 Å². The number of nitrogens with zero attached hydrogens (tertiary/aromatic N) is 4. The Kier molecular flexibility index (Phi) is 8.26. The van der Waals surface area contributed by atoms with E-state index < -0.39 is 0 Å². The van der Waals surface area contributed by atoms with Gasteiger partial charge in [0.05, 0.1) is 30.0 Å². The molecule has 2 fully saturated rings. The smallest absolute Gasteiger partial charge is 0.225 e. The number of amides is 1. The molecule has 2 aliphatic heterocycles. The fourth-order valence-electron chi connectivity index (χ4n) is 4.30. The lowest BCUT2D eigenvalue weighted by Gasteiger charge is -2.26. The van der Waals surface area contributed by atoms with Gasteiger partial charge < -0.3 is 31.9 Å². The van der Waals surface area contributed by atoms with Crippen LogP contribution >= 0.6 is 0 Å². The fraction of sp³-hybridized carbons (Fsp3) is 0.565. The minimum Gasteiger partial charge on any atom is -0.383 e. The van der Waals surface area contributed by atoms with Crippen LogP contribution in [0.25, 0.3) is 0 Å². The van der Waals surface area contributed by atoms with E-state index in [1.807, 2.05) is 6.07 Å². The predicted molar refractivity (Wildman–Crippen MR) is 132 cm³/mol. The summed E-state index contributed by atoms with van der Waals surface area (Å²) in [5.41, 5.74) is 7.16.